The molecule has 0 bridgehead atoms. The predicted molar refractivity (Wildman–Crippen MR) is 112 cm³/mol. The van der Waals surface area contributed by atoms with Gasteiger partial charge in [0, 0.05) is 11.9 Å². The van der Waals surface area contributed by atoms with Gasteiger partial charge >= 0.3 is 5.97 Å². The Kier molecular flexibility index (Phi) is 6.98. The highest BCUT2D eigenvalue weighted by Crippen LogP contribution is 2.28. The van der Waals surface area contributed by atoms with Gasteiger partial charge in [0.25, 0.3) is 0 Å². The van der Waals surface area contributed by atoms with Crippen molar-refractivity contribution in [3.05, 3.63) is 40.5 Å². The number of thiazole rings is 1. The molecule has 0 saturated heterocycles. The first-order chi connectivity index (χ1) is 14.0. The molecule has 3 rings (SSSR count). The third-order valence-electron chi connectivity index (χ3n) is 4.53. The molecule has 0 atom stereocenters. The van der Waals surface area contributed by atoms with Crippen molar-refractivity contribution in [1.82, 2.24) is 10.1 Å². The van der Waals surface area contributed by atoms with Gasteiger partial charge in [-0.25, -0.2) is 9.78 Å². The number of rotatable bonds is 9. The smallest absolute Gasteiger partial charge is 0.350 e. The molecule has 0 aliphatic rings. The van der Waals surface area contributed by atoms with Crippen molar-refractivity contribution >= 4 is 39.3 Å². The molecule has 2 aromatic heterocycles. The van der Waals surface area contributed by atoms with E-state index in [0.29, 0.717) is 40.1 Å². The molecule has 1 aromatic carbocycles. The number of unbranched alkanes of at least 4 members (excludes halogenated alkanes) is 2. The molecule has 0 aliphatic carbocycles. The second-order valence-corrected chi connectivity index (χ2v) is 7.66. The van der Waals surface area contributed by atoms with Gasteiger partial charge in [0.1, 0.15) is 10.6 Å². The molecule has 2 heterocycles. The molecule has 0 saturated carbocycles. The summed E-state index contributed by atoms with van der Waals surface area (Å²) in [6, 6.07) is 7.47. The van der Waals surface area contributed by atoms with Crippen molar-refractivity contribution in [2.45, 2.75) is 46.5 Å². The summed E-state index contributed by atoms with van der Waals surface area (Å²) in [6.07, 6.45) is 3.01. The van der Waals surface area contributed by atoms with Gasteiger partial charge < -0.3 is 9.26 Å². The summed E-state index contributed by atoms with van der Waals surface area (Å²) in [5.74, 6) is -0.526. The molecule has 1 amide bonds. The van der Waals surface area contributed by atoms with Crippen LogP contribution in [0.4, 0.5) is 5.13 Å². The molecule has 0 spiro atoms. The zero-order valence-corrected chi connectivity index (χ0v) is 17.8. The molecule has 7 nitrogen and oxygen atoms in total. The topological polar surface area (TPSA) is 85.5 Å². The van der Waals surface area contributed by atoms with E-state index >= 15 is 0 Å². The number of anilines is 1. The minimum Gasteiger partial charge on any atom is -0.462 e. The largest absolute Gasteiger partial charge is 0.462 e. The molecule has 0 N–H and O–H groups in total. The molecule has 154 valence electrons. The van der Waals surface area contributed by atoms with E-state index in [2.05, 4.69) is 17.1 Å². The Morgan fingerprint density at radius 3 is 2.76 bits per heavy atom. The molecule has 3 aromatic rings. The Morgan fingerprint density at radius 1 is 1.21 bits per heavy atom. The van der Waals surface area contributed by atoms with E-state index in [4.69, 9.17) is 9.26 Å². The number of hydrogen-bond acceptors (Lipinski definition) is 7. The van der Waals surface area contributed by atoms with Gasteiger partial charge in [0.05, 0.1) is 18.7 Å². The van der Waals surface area contributed by atoms with Crippen LogP contribution in [0.3, 0.4) is 0 Å². The first-order valence-corrected chi connectivity index (χ1v) is 10.6. The SMILES string of the molecule is CCCCCN(C(=O)Cc1noc2ccccc12)c1nc(C)c(C(=O)OCC)s1. The van der Waals surface area contributed by atoms with Gasteiger partial charge in [-0.15, -0.1) is 0 Å². The van der Waals surface area contributed by atoms with E-state index in [-0.39, 0.29) is 12.3 Å². The van der Waals surface area contributed by atoms with Gasteiger partial charge in [0.15, 0.2) is 10.7 Å². The van der Waals surface area contributed by atoms with Crippen LogP contribution in [0.15, 0.2) is 28.8 Å². The van der Waals surface area contributed by atoms with Crippen molar-refractivity contribution in [2.75, 3.05) is 18.1 Å². The van der Waals surface area contributed by atoms with Crippen molar-refractivity contribution < 1.29 is 18.8 Å². The Labute approximate surface area is 173 Å². The number of fused-ring (bicyclic) bond motifs is 1. The van der Waals surface area contributed by atoms with Gasteiger partial charge in [-0.2, -0.15) is 0 Å². The number of esters is 1. The fourth-order valence-electron chi connectivity index (χ4n) is 3.03. The van der Waals surface area contributed by atoms with E-state index in [0.717, 1.165) is 24.6 Å². The highest BCUT2D eigenvalue weighted by atomic mass is 32.1. The summed E-state index contributed by atoms with van der Waals surface area (Å²) in [6.45, 7) is 6.46. The lowest BCUT2D eigenvalue weighted by atomic mass is 10.1. The molecule has 0 radical (unpaired) electrons. The van der Waals surface area contributed by atoms with Gasteiger partial charge in [-0.3, -0.25) is 9.69 Å². The summed E-state index contributed by atoms with van der Waals surface area (Å²) in [7, 11) is 0. The van der Waals surface area contributed by atoms with E-state index in [1.807, 2.05) is 24.3 Å². The van der Waals surface area contributed by atoms with Crippen LogP contribution in [0.25, 0.3) is 11.0 Å². The average Bonchev–Trinajstić information content (AvgIpc) is 3.29. The van der Waals surface area contributed by atoms with Crippen LogP contribution >= 0.6 is 11.3 Å². The van der Waals surface area contributed by atoms with Crippen molar-refractivity contribution in [1.29, 1.82) is 0 Å². The third kappa shape index (κ3) is 4.82. The van der Waals surface area contributed by atoms with E-state index in [1.54, 1.807) is 18.7 Å². The van der Waals surface area contributed by atoms with Gasteiger partial charge in [0.2, 0.25) is 5.91 Å². The third-order valence-corrected chi connectivity index (χ3v) is 5.69. The normalized spacial score (nSPS) is 11.0. The van der Waals surface area contributed by atoms with Crippen LogP contribution in [-0.2, 0) is 16.0 Å². The Balaban J connectivity index is 1.85. The maximum atomic E-state index is 13.2. The van der Waals surface area contributed by atoms with Crippen LogP contribution in [0.1, 0.15) is 54.2 Å². The summed E-state index contributed by atoms with van der Waals surface area (Å²) >= 11 is 1.19. The molecular weight excluding hydrogens is 390 g/mol. The van der Waals surface area contributed by atoms with Gasteiger partial charge in [-0.05, 0) is 32.4 Å². The monoisotopic (exact) mass is 415 g/mol. The lowest BCUT2D eigenvalue weighted by molar-refractivity contribution is -0.118. The van der Waals surface area contributed by atoms with E-state index in [1.165, 1.54) is 11.3 Å². The zero-order chi connectivity index (χ0) is 20.8. The number of ether oxygens (including phenoxy) is 1. The molecular formula is C21H25N3O4S. The second-order valence-electron chi connectivity index (χ2n) is 6.69. The summed E-state index contributed by atoms with van der Waals surface area (Å²) in [5.41, 5.74) is 1.83. The lowest BCUT2D eigenvalue weighted by Crippen LogP contribution is -2.33. The number of para-hydroxylation sites is 1. The Morgan fingerprint density at radius 2 is 2.00 bits per heavy atom. The number of amides is 1. The number of carbonyl (C=O) groups excluding carboxylic acids is 2. The number of carbonyl (C=O) groups is 2. The van der Waals surface area contributed by atoms with Crippen LogP contribution in [-0.4, -0.2) is 35.2 Å². The molecule has 29 heavy (non-hydrogen) atoms. The first kappa shape index (κ1) is 21.0. The van der Waals surface area contributed by atoms with Crippen LogP contribution < -0.4 is 4.90 Å². The van der Waals surface area contributed by atoms with Crippen molar-refractivity contribution in [3.8, 4) is 0 Å². The summed E-state index contributed by atoms with van der Waals surface area (Å²) < 4.78 is 10.4. The first-order valence-electron chi connectivity index (χ1n) is 9.83. The Hall–Kier alpha value is -2.74. The molecule has 0 aliphatic heterocycles. The standard InChI is InChI=1S/C21H25N3O4S/c1-4-6-9-12-24(21-22-14(3)19(29-21)20(26)27-5-2)18(25)13-16-15-10-7-8-11-17(15)28-23-16/h7-8,10-11H,4-6,9,12-13H2,1-3H3. The predicted octanol–water partition coefficient (Wildman–Crippen LogP) is 4.54. The van der Waals surface area contributed by atoms with E-state index < -0.39 is 5.97 Å². The highest BCUT2D eigenvalue weighted by molar-refractivity contribution is 7.17. The molecule has 0 unspecified atom stereocenters. The highest BCUT2D eigenvalue weighted by Gasteiger charge is 2.25. The number of benzene rings is 1. The number of aromatic nitrogens is 2. The Bertz CT molecular complexity index is 995. The van der Waals surface area contributed by atoms with Crippen molar-refractivity contribution in [3.63, 3.8) is 0 Å². The molecule has 0 fully saturated rings. The zero-order valence-electron chi connectivity index (χ0n) is 16.9. The number of aryl methyl sites for hydroxylation is 1. The quantitative estimate of drug-likeness (QED) is 0.377. The van der Waals surface area contributed by atoms with Crippen LogP contribution in [0.5, 0.6) is 0 Å². The fourth-order valence-corrected chi connectivity index (χ4v) is 4.04. The van der Waals surface area contributed by atoms with Gasteiger partial charge in [-0.1, -0.05) is 48.4 Å². The van der Waals surface area contributed by atoms with Crippen LogP contribution in [0, 0.1) is 6.92 Å². The number of hydrogen-bond donors (Lipinski definition) is 0. The van der Waals surface area contributed by atoms with Crippen molar-refractivity contribution in [2.24, 2.45) is 0 Å². The van der Waals surface area contributed by atoms with Crippen LogP contribution in [0.2, 0.25) is 0 Å². The molecule has 8 heteroatoms. The maximum Gasteiger partial charge on any atom is 0.350 e. The summed E-state index contributed by atoms with van der Waals surface area (Å²) in [4.78, 5) is 31.9. The minimum absolute atomic E-state index is 0.108. The minimum atomic E-state index is -0.405. The summed E-state index contributed by atoms with van der Waals surface area (Å²) in [5, 5.41) is 5.41. The van der Waals surface area contributed by atoms with E-state index in [9.17, 15) is 9.59 Å². The maximum absolute atomic E-state index is 13.2. The number of nitrogens with zero attached hydrogens (tertiary/aromatic N) is 3. The lowest BCUT2D eigenvalue weighted by Gasteiger charge is -2.19. The second kappa shape index (κ2) is 9.65. The fraction of sp³-hybridized carbons (Fsp3) is 0.429. The average molecular weight is 416 g/mol.